The van der Waals surface area contributed by atoms with Gasteiger partial charge in [-0.3, -0.25) is 4.79 Å². The van der Waals surface area contributed by atoms with Crippen molar-refractivity contribution in [3.63, 3.8) is 0 Å². The third-order valence-corrected chi connectivity index (χ3v) is 3.98. The van der Waals surface area contributed by atoms with Crippen molar-refractivity contribution >= 4 is 21.8 Å². The molecule has 2 atom stereocenters. The Morgan fingerprint density at radius 1 is 1.53 bits per heavy atom. The Hall–Kier alpha value is -0.970. The van der Waals surface area contributed by atoms with Gasteiger partial charge in [0.1, 0.15) is 16.1 Å². The molecule has 1 fully saturated rings. The minimum atomic E-state index is -0.691. The van der Waals surface area contributed by atoms with Crippen molar-refractivity contribution in [1.29, 1.82) is 0 Å². The molecule has 0 aromatic heterocycles. The number of rotatable bonds is 3. The number of hydrogen-bond acceptors (Lipinski definition) is 1. The zero-order chi connectivity index (χ0) is 12.6. The van der Waals surface area contributed by atoms with Crippen molar-refractivity contribution < 1.29 is 13.6 Å². The Labute approximate surface area is 107 Å². The average molecular weight is 304 g/mol. The topological polar surface area (TPSA) is 29.1 Å². The van der Waals surface area contributed by atoms with Gasteiger partial charge < -0.3 is 5.32 Å². The molecule has 0 heterocycles. The van der Waals surface area contributed by atoms with Crippen LogP contribution in [0.5, 0.6) is 0 Å². The van der Waals surface area contributed by atoms with Crippen molar-refractivity contribution in [3.05, 3.63) is 35.4 Å². The summed E-state index contributed by atoms with van der Waals surface area (Å²) in [5.41, 5.74) is 0.0424. The van der Waals surface area contributed by atoms with Crippen LogP contribution in [0.15, 0.2) is 18.2 Å². The highest BCUT2D eigenvalue weighted by atomic mass is 79.9. The summed E-state index contributed by atoms with van der Waals surface area (Å²) < 4.78 is 26.4. The Morgan fingerprint density at radius 3 is 2.65 bits per heavy atom. The predicted octanol–water partition coefficient (Wildman–Crippen LogP) is 3.07. The highest BCUT2D eigenvalue weighted by Crippen LogP contribution is 2.56. The lowest BCUT2D eigenvalue weighted by Gasteiger charge is -2.12. The molecule has 5 heteroatoms. The van der Waals surface area contributed by atoms with E-state index in [1.807, 2.05) is 0 Å². The maximum absolute atomic E-state index is 13.5. The molecule has 1 aliphatic carbocycles. The molecular formula is C12H12BrF2NO. The van der Waals surface area contributed by atoms with Crippen LogP contribution in [0.2, 0.25) is 0 Å². The first-order valence-electron chi connectivity index (χ1n) is 5.41. The molecule has 0 bridgehead atoms. The van der Waals surface area contributed by atoms with E-state index in [9.17, 15) is 13.6 Å². The molecule has 0 unspecified atom stereocenters. The fourth-order valence-electron chi connectivity index (χ4n) is 1.87. The van der Waals surface area contributed by atoms with E-state index in [2.05, 4.69) is 21.2 Å². The van der Waals surface area contributed by atoms with E-state index in [1.54, 1.807) is 6.92 Å². The van der Waals surface area contributed by atoms with Crippen LogP contribution >= 0.6 is 15.9 Å². The van der Waals surface area contributed by atoms with Crippen molar-refractivity contribution in [3.8, 4) is 0 Å². The smallest absolute Gasteiger partial charge is 0.220 e. The first kappa shape index (κ1) is 12.5. The molecule has 0 radical (unpaired) electrons. The van der Waals surface area contributed by atoms with E-state index in [4.69, 9.17) is 0 Å². The summed E-state index contributed by atoms with van der Waals surface area (Å²) in [7, 11) is 0. The summed E-state index contributed by atoms with van der Waals surface area (Å²) in [6.07, 6.45) is 0.844. The standard InChI is InChI=1S/C12H12BrF2NO/c1-2-10(17)16-12(13)6-7(12)11-8(14)4-3-5-9(11)15/h3-5,7H,2,6H2,1H3,(H,16,17)/t7-,12+/m0/s1. The lowest BCUT2D eigenvalue weighted by molar-refractivity contribution is -0.121. The minimum absolute atomic E-state index is 0.0424. The predicted molar refractivity (Wildman–Crippen MR) is 63.8 cm³/mol. The Bertz CT molecular complexity index is 446. The zero-order valence-electron chi connectivity index (χ0n) is 9.27. The molecule has 1 aliphatic rings. The van der Waals surface area contributed by atoms with Gasteiger partial charge in [0.25, 0.3) is 0 Å². The lowest BCUT2D eigenvalue weighted by Crippen LogP contribution is -2.33. The SMILES string of the molecule is CCC(=O)N[C@]1(Br)C[C@H]1c1c(F)cccc1F. The maximum atomic E-state index is 13.5. The monoisotopic (exact) mass is 303 g/mol. The number of carbonyl (C=O) groups excluding carboxylic acids is 1. The second-order valence-electron chi connectivity index (χ2n) is 4.16. The summed E-state index contributed by atoms with van der Waals surface area (Å²) in [6, 6.07) is 3.79. The van der Waals surface area contributed by atoms with Gasteiger partial charge in [-0.05, 0) is 18.6 Å². The maximum Gasteiger partial charge on any atom is 0.220 e. The molecular weight excluding hydrogens is 292 g/mol. The first-order valence-corrected chi connectivity index (χ1v) is 6.21. The third kappa shape index (κ3) is 2.34. The summed E-state index contributed by atoms with van der Waals surface area (Å²) >= 11 is 3.34. The number of hydrogen-bond donors (Lipinski definition) is 1. The van der Waals surface area contributed by atoms with Crippen molar-refractivity contribution in [2.45, 2.75) is 30.1 Å². The number of halogens is 3. The molecule has 1 N–H and O–H groups in total. The Balaban J connectivity index is 2.20. The van der Waals surface area contributed by atoms with Gasteiger partial charge in [0.15, 0.2) is 0 Å². The van der Waals surface area contributed by atoms with Gasteiger partial charge in [0, 0.05) is 17.9 Å². The summed E-state index contributed by atoms with van der Waals surface area (Å²) in [4.78, 5) is 11.3. The normalized spacial score (nSPS) is 26.7. The third-order valence-electron chi connectivity index (χ3n) is 2.91. The van der Waals surface area contributed by atoms with Crippen LogP contribution in [0, 0.1) is 11.6 Å². The molecule has 92 valence electrons. The molecule has 0 saturated heterocycles. The van der Waals surface area contributed by atoms with Crippen molar-refractivity contribution in [2.75, 3.05) is 0 Å². The molecule has 1 aromatic carbocycles. The molecule has 1 amide bonds. The zero-order valence-corrected chi connectivity index (χ0v) is 10.9. The van der Waals surface area contributed by atoms with Crippen molar-refractivity contribution in [1.82, 2.24) is 5.32 Å². The van der Waals surface area contributed by atoms with E-state index in [1.165, 1.54) is 18.2 Å². The molecule has 0 aliphatic heterocycles. The average Bonchev–Trinajstić information content (AvgIpc) is 2.89. The number of nitrogens with one attached hydrogen (secondary N) is 1. The van der Waals surface area contributed by atoms with Crippen LogP contribution in [0.4, 0.5) is 8.78 Å². The van der Waals surface area contributed by atoms with Gasteiger partial charge in [-0.25, -0.2) is 8.78 Å². The Kier molecular flexibility index (Phi) is 3.21. The Morgan fingerprint density at radius 2 is 2.12 bits per heavy atom. The molecule has 1 saturated carbocycles. The van der Waals surface area contributed by atoms with Crippen LogP contribution in [0.1, 0.15) is 31.2 Å². The molecule has 0 spiro atoms. The highest BCUT2D eigenvalue weighted by molar-refractivity contribution is 9.10. The molecule has 2 nitrogen and oxygen atoms in total. The van der Waals surface area contributed by atoms with Gasteiger partial charge in [0.05, 0.1) is 0 Å². The van der Waals surface area contributed by atoms with Gasteiger partial charge in [0.2, 0.25) is 5.91 Å². The number of alkyl halides is 1. The largest absolute Gasteiger partial charge is 0.340 e. The van der Waals surface area contributed by atoms with Gasteiger partial charge in [-0.1, -0.05) is 28.9 Å². The number of benzene rings is 1. The molecule has 17 heavy (non-hydrogen) atoms. The molecule has 2 rings (SSSR count). The van der Waals surface area contributed by atoms with Crippen LogP contribution in [-0.2, 0) is 4.79 Å². The van der Waals surface area contributed by atoms with E-state index in [-0.39, 0.29) is 17.4 Å². The number of carbonyl (C=O) groups is 1. The fraction of sp³-hybridized carbons (Fsp3) is 0.417. The van der Waals surface area contributed by atoms with Crippen molar-refractivity contribution in [2.24, 2.45) is 0 Å². The van der Waals surface area contributed by atoms with E-state index < -0.39 is 16.1 Å². The van der Waals surface area contributed by atoms with E-state index >= 15 is 0 Å². The van der Waals surface area contributed by atoms with E-state index in [0.717, 1.165) is 0 Å². The first-order chi connectivity index (χ1) is 7.98. The second kappa shape index (κ2) is 4.37. The second-order valence-corrected chi connectivity index (χ2v) is 5.57. The summed E-state index contributed by atoms with van der Waals surface area (Å²) in [6.45, 7) is 1.73. The number of amides is 1. The summed E-state index contributed by atoms with van der Waals surface area (Å²) in [5.74, 6) is -1.62. The van der Waals surface area contributed by atoms with Gasteiger partial charge in [-0.15, -0.1) is 0 Å². The van der Waals surface area contributed by atoms with Crippen LogP contribution < -0.4 is 5.32 Å². The summed E-state index contributed by atoms with van der Waals surface area (Å²) in [5, 5.41) is 2.73. The van der Waals surface area contributed by atoms with Crippen LogP contribution in [-0.4, -0.2) is 10.4 Å². The van der Waals surface area contributed by atoms with Gasteiger partial charge in [-0.2, -0.15) is 0 Å². The fourth-order valence-corrected chi connectivity index (χ4v) is 2.64. The lowest BCUT2D eigenvalue weighted by atomic mass is 10.1. The van der Waals surface area contributed by atoms with Gasteiger partial charge >= 0.3 is 0 Å². The molecule has 1 aromatic rings. The van der Waals surface area contributed by atoms with Crippen LogP contribution in [0.25, 0.3) is 0 Å². The quantitative estimate of drug-likeness (QED) is 0.675. The van der Waals surface area contributed by atoms with E-state index in [0.29, 0.717) is 12.8 Å². The highest BCUT2D eigenvalue weighted by Gasteiger charge is 2.56. The van der Waals surface area contributed by atoms with Crippen LogP contribution in [0.3, 0.4) is 0 Å². The minimum Gasteiger partial charge on any atom is -0.340 e.